The molecule has 1 aromatic rings. The van der Waals surface area contributed by atoms with Crippen LogP contribution in [0.25, 0.3) is 0 Å². The summed E-state index contributed by atoms with van der Waals surface area (Å²) in [5.41, 5.74) is 0.982. The molecule has 1 aliphatic carbocycles. The maximum absolute atomic E-state index is 6.30. The summed E-state index contributed by atoms with van der Waals surface area (Å²) in [6.45, 7) is 6.86. The lowest BCUT2D eigenvalue weighted by atomic mass is 10.2. The van der Waals surface area contributed by atoms with E-state index in [-0.39, 0.29) is 0 Å². The van der Waals surface area contributed by atoms with E-state index >= 15 is 0 Å². The van der Waals surface area contributed by atoms with Gasteiger partial charge in [0.1, 0.15) is 16.8 Å². The van der Waals surface area contributed by atoms with Crippen molar-refractivity contribution < 1.29 is 4.74 Å². The monoisotopic (exact) mass is 295 g/mol. The van der Waals surface area contributed by atoms with E-state index in [0.29, 0.717) is 17.2 Å². The van der Waals surface area contributed by atoms with Crippen LogP contribution in [0.4, 0.5) is 5.82 Å². The van der Waals surface area contributed by atoms with Crippen molar-refractivity contribution in [2.75, 3.05) is 24.6 Å². The van der Waals surface area contributed by atoms with Gasteiger partial charge >= 0.3 is 0 Å². The highest BCUT2D eigenvalue weighted by Gasteiger charge is 2.29. The molecule has 1 aromatic heterocycles. The zero-order valence-electron chi connectivity index (χ0n) is 12.2. The first kappa shape index (κ1) is 14.1. The van der Waals surface area contributed by atoms with E-state index in [1.54, 1.807) is 0 Å². The van der Waals surface area contributed by atoms with Crippen LogP contribution >= 0.6 is 11.6 Å². The molecule has 1 saturated heterocycles. The number of anilines is 1. The van der Waals surface area contributed by atoms with E-state index < -0.39 is 0 Å². The molecular formula is C15H22ClN3O. The summed E-state index contributed by atoms with van der Waals surface area (Å²) in [5, 5.41) is 0.600. The van der Waals surface area contributed by atoms with Crippen LogP contribution in [0.2, 0.25) is 5.15 Å². The highest BCUT2D eigenvalue weighted by molar-refractivity contribution is 6.30. The van der Waals surface area contributed by atoms with E-state index in [2.05, 4.69) is 16.8 Å². The first-order valence-corrected chi connectivity index (χ1v) is 7.97. The zero-order chi connectivity index (χ0) is 14.1. The van der Waals surface area contributed by atoms with E-state index in [1.807, 2.05) is 6.92 Å². The summed E-state index contributed by atoms with van der Waals surface area (Å²) in [6.07, 6.45) is 5.02. The highest BCUT2D eigenvalue weighted by atomic mass is 35.5. The molecule has 0 spiro atoms. The van der Waals surface area contributed by atoms with Crippen LogP contribution in [0.1, 0.15) is 49.9 Å². The number of hydrogen-bond donors (Lipinski definition) is 0. The third-order valence-corrected chi connectivity index (χ3v) is 4.52. The molecular weight excluding hydrogens is 274 g/mol. The van der Waals surface area contributed by atoms with E-state index in [4.69, 9.17) is 21.3 Å². The Kier molecular flexibility index (Phi) is 4.13. The van der Waals surface area contributed by atoms with Crippen molar-refractivity contribution in [2.24, 2.45) is 0 Å². The Balaban J connectivity index is 1.85. The SMILES string of the molecule is CCN(CC1CCCO1)c1nc(C2CC2)nc(Cl)c1C. The molecule has 1 saturated carbocycles. The van der Waals surface area contributed by atoms with E-state index in [1.165, 1.54) is 19.3 Å². The highest BCUT2D eigenvalue weighted by Crippen LogP contribution is 2.40. The molecule has 2 heterocycles. The number of likely N-dealkylation sites (N-methyl/N-ethyl adjacent to an activating group) is 1. The molecule has 0 bridgehead atoms. The Morgan fingerprint density at radius 2 is 2.10 bits per heavy atom. The minimum absolute atomic E-state index is 0.326. The molecule has 0 radical (unpaired) electrons. The van der Waals surface area contributed by atoms with Gasteiger partial charge in [0.05, 0.1) is 6.10 Å². The van der Waals surface area contributed by atoms with Crippen LogP contribution in [-0.4, -0.2) is 35.8 Å². The Morgan fingerprint density at radius 3 is 2.70 bits per heavy atom. The summed E-state index contributed by atoms with van der Waals surface area (Å²) < 4.78 is 5.75. The second-order valence-corrected chi connectivity index (χ2v) is 6.13. The zero-order valence-corrected chi connectivity index (χ0v) is 13.0. The Bertz CT molecular complexity index is 484. The summed E-state index contributed by atoms with van der Waals surface area (Å²) in [4.78, 5) is 11.5. The average Bonchev–Trinajstić information content (AvgIpc) is 3.17. The van der Waals surface area contributed by atoms with Crippen LogP contribution in [-0.2, 0) is 4.74 Å². The number of nitrogens with zero attached hydrogens (tertiary/aromatic N) is 3. The minimum atomic E-state index is 0.326. The van der Waals surface area contributed by atoms with Gasteiger partial charge in [-0.25, -0.2) is 9.97 Å². The van der Waals surface area contributed by atoms with Gasteiger partial charge < -0.3 is 9.64 Å². The van der Waals surface area contributed by atoms with Crippen molar-refractivity contribution in [3.63, 3.8) is 0 Å². The molecule has 0 N–H and O–H groups in total. The van der Waals surface area contributed by atoms with Crippen molar-refractivity contribution in [1.82, 2.24) is 9.97 Å². The molecule has 110 valence electrons. The molecule has 1 unspecified atom stereocenters. The fraction of sp³-hybridized carbons (Fsp3) is 0.733. The molecule has 2 aliphatic rings. The van der Waals surface area contributed by atoms with Gasteiger partial charge in [0.15, 0.2) is 0 Å². The predicted molar refractivity (Wildman–Crippen MR) is 80.6 cm³/mol. The maximum Gasteiger partial charge on any atom is 0.137 e. The van der Waals surface area contributed by atoms with Gasteiger partial charge in [-0.2, -0.15) is 0 Å². The standard InChI is InChI=1S/C15H22ClN3O/c1-3-19(9-12-5-4-8-20-12)15-10(2)13(16)17-14(18-15)11-6-7-11/h11-12H,3-9H2,1-2H3. The molecule has 1 atom stereocenters. The van der Waals surface area contributed by atoms with Crippen LogP contribution in [0, 0.1) is 6.92 Å². The summed E-state index contributed by atoms with van der Waals surface area (Å²) >= 11 is 6.30. The van der Waals surface area contributed by atoms with Crippen LogP contribution in [0.5, 0.6) is 0 Å². The lowest BCUT2D eigenvalue weighted by molar-refractivity contribution is 0.115. The molecule has 20 heavy (non-hydrogen) atoms. The molecule has 0 amide bonds. The normalized spacial score (nSPS) is 22.2. The Labute approximate surface area is 125 Å². The van der Waals surface area contributed by atoms with Gasteiger partial charge in [-0.05, 0) is 39.5 Å². The van der Waals surface area contributed by atoms with Gasteiger partial charge in [0.2, 0.25) is 0 Å². The minimum Gasteiger partial charge on any atom is -0.376 e. The molecule has 1 aliphatic heterocycles. The lowest BCUT2D eigenvalue weighted by Gasteiger charge is -2.27. The largest absolute Gasteiger partial charge is 0.376 e. The third-order valence-electron chi connectivity index (χ3n) is 4.15. The molecule has 0 aromatic carbocycles. The molecule has 5 heteroatoms. The van der Waals surface area contributed by atoms with Crippen LogP contribution in [0.15, 0.2) is 0 Å². The van der Waals surface area contributed by atoms with Crippen LogP contribution in [0.3, 0.4) is 0 Å². The number of aromatic nitrogens is 2. The Morgan fingerprint density at radius 1 is 1.30 bits per heavy atom. The number of halogens is 1. The second kappa shape index (κ2) is 5.86. The second-order valence-electron chi connectivity index (χ2n) is 5.77. The van der Waals surface area contributed by atoms with Crippen molar-refractivity contribution >= 4 is 17.4 Å². The van der Waals surface area contributed by atoms with Gasteiger partial charge in [-0.15, -0.1) is 0 Å². The first-order valence-electron chi connectivity index (χ1n) is 7.59. The van der Waals surface area contributed by atoms with Gasteiger partial charge in [0, 0.05) is 31.2 Å². The summed E-state index contributed by atoms with van der Waals surface area (Å²) in [5.74, 6) is 2.43. The third kappa shape index (κ3) is 2.91. The van der Waals surface area contributed by atoms with Crippen molar-refractivity contribution in [2.45, 2.75) is 51.6 Å². The maximum atomic E-state index is 6.30. The Hall–Kier alpha value is -0.870. The predicted octanol–water partition coefficient (Wildman–Crippen LogP) is 3.32. The molecule has 2 fully saturated rings. The van der Waals surface area contributed by atoms with Gasteiger partial charge in [-0.1, -0.05) is 11.6 Å². The topological polar surface area (TPSA) is 38.2 Å². The van der Waals surface area contributed by atoms with Gasteiger partial charge in [-0.3, -0.25) is 0 Å². The van der Waals surface area contributed by atoms with Crippen LogP contribution < -0.4 is 4.90 Å². The van der Waals surface area contributed by atoms with Crippen molar-refractivity contribution in [3.05, 3.63) is 16.5 Å². The smallest absolute Gasteiger partial charge is 0.137 e. The number of ether oxygens (including phenoxy) is 1. The average molecular weight is 296 g/mol. The quantitative estimate of drug-likeness (QED) is 0.781. The lowest BCUT2D eigenvalue weighted by Crippen LogP contribution is -2.33. The molecule has 4 nitrogen and oxygen atoms in total. The van der Waals surface area contributed by atoms with Crippen molar-refractivity contribution in [1.29, 1.82) is 0 Å². The summed E-state index contributed by atoms with van der Waals surface area (Å²) in [6, 6.07) is 0. The van der Waals surface area contributed by atoms with E-state index in [9.17, 15) is 0 Å². The van der Waals surface area contributed by atoms with Crippen molar-refractivity contribution in [3.8, 4) is 0 Å². The van der Waals surface area contributed by atoms with E-state index in [0.717, 1.165) is 43.3 Å². The summed E-state index contributed by atoms with van der Waals surface area (Å²) in [7, 11) is 0. The molecule has 3 rings (SSSR count). The number of rotatable bonds is 5. The van der Waals surface area contributed by atoms with Gasteiger partial charge in [0.25, 0.3) is 0 Å². The first-order chi connectivity index (χ1) is 9.69. The fourth-order valence-electron chi connectivity index (χ4n) is 2.73. The fourth-order valence-corrected chi connectivity index (χ4v) is 2.90. The number of hydrogen-bond acceptors (Lipinski definition) is 4.